The Labute approximate surface area is 106 Å². The molecule has 0 saturated heterocycles. The lowest BCUT2D eigenvalue weighted by atomic mass is 10.2. The molecule has 1 fully saturated rings. The Kier molecular flexibility index (Phi) is 4.45. The van der Waals surface area contributed by atoms with Crippen molar-refractivity contribution in [3.63, 3.8) is 0 Å². The minimum atomic E-state index is -0.731. The number of hydrogen-bond donors (Lipinski definition) is 2. The summed E-state index contributed by atoms with van der Waals surface area (Å²) in [6.45, 7) is 0. The fourth-order valence-corrected chi connectivity index (χ4v) is 2.56. The molecule has 1 aliphatic carbocycles. The Balaban J connectivity index is 1.73. The van der Waals surface area contributed by atoms with Gasteiger partial charge in [-0.3, -0.25) is 4.79 Å². The van der Waals surface area contributed by atoms with Crippen molar-refractivity contribution in [2.45, 2.75) is 36.2 Å². The van der Waals surface area contributed by atoms with Crippen LogP contribution >= 0.6 is 11.8 Å². The molecule has 2 N–H and O–H groups in total. The molecule has 1 aromatic carbocycles. The Bertz CT molecular complexity index is 365. The Morgan fingerprint density at radius 2 is 2.12 bits per heavy atom. The summed E-state index contributed by atoms with van der Waals surface area (Å²) in [5.41, 5.74) is 0. The summed E-state index contributed by atoms with van der Waals surface area (Å²) in [5.74, 6) is 0.103. The highest BCUT2D eigenvalue weighted by atomic mass is 32.2. The number of thioether (sulfide) groups is 1. The summed E-state index contributed by atoms with van der Waals surface area (Å²) in [7, 11) is 0. The SMILES string of the molecule is O=C(O)C(CCSc1ccccc1)NC1CC1. The molecular formula is C13H17NO2S. The van der Waals surface area contributed by atoms with Crippen LogP contribution in [0.1, 0.15) is 19.3 Å². The van der Waals surface area contributed by atoms with Gasteiger partial charge in [0.1, 0.15) is 6.04 Å². The van der Waals surface area contributed by atoms with E-state index in [1.807, 2.05) is 18.2 Å². The van der Waals surface area contributed by atoms with E-state index >= 15 is 0 Å². The molecule has 1 aliphatic rings. The second-order valence-corrected chi connectivity index (χ2v) is 5.45. The summed E-state index contributed by atoms with van der Waals surface area (Å²) >= 11 is 1.71. The summed E-state index contributed by atoms with van der Waals surface area (Å²) in [6, 6.07) is 10.1. The van der Waals surface area contributed by atoms with Gasteiger partial charge in [0.15, 0.2) is 0 Å². The van der Waals surface area contributed by atoms with Gasteiger partial charge in [-0.2, -0.15) is 0 Å². The number of benzene rings is 1. The zero-order chi connectivity index (χ0) is 12.1. The molecule has 0 aliphatic heterocycles. The zero-order valence-corrected chi connectivity index (χ0v) is 10.5. The van der Waals surface area contributed by atoms with Crippen molar-refractivity contribution in [1.82, 2.24) is 5.32 Å². The molecule has 92 valence electrons. The normalized spacial score (nSPS) is 16.7. The maximum absolute atomic E-state index is 11.0. The lowest BCUT2D eigenvalue weighted by molar-refractivity contribution is -0.139. The van der Waals surface area contributed by atoms with Crippen molar-refractivity contribution in [2.24, 2.45) is 0 Å². The number of carbonyl (C=O) groups is 1. The lowest BCUT2D eigenvalue weighted by Gasteiger charge is -2.13. The number of nitrogens with one attached hydrogen (secondary N) is 1. The topological polar surface area (TPSA) is 49.3 Å². The third-order valence-electron chi connectivity index (χ3n) is 2.73. The molecule has 0 aromatic heterocycles. The minimum absolute atomic E-state index is 0.390. The average Bonchev–Trinajstić information content (AvgIpc) is 3.13. The zero-order valence-electron chi connectivity index (χ0n) is 9.63. The molecule has 2 rings (SSSR count). The van der Waals surface area contributed by atoms with Gasteiger partial charge in [0.05, 0.1) is 0 Å². The van der Waals surface area contributed by atoms with Gasteiger partial charge in [0.25, 0.3) is 0 Å². The average molecular weight is 251 g/mol. The fraction of sp³-hybridized carbons (Fsp3) is 0.462. The van der Waals surface area contributed by atoms with Crippen molar-refractivity contribution in [3.8, 4) is 0 Å². The number of carboxylic acids is 1. The van der Waals surface area contributed by atoms with Gasteiger partial charge in [0.2, 0.25) is 0 Å². The van der Waals surface area contributed by atoms with Crippen LogP contribution in [0.4, 0.5) is 0 Å². The van der Waals surface area contributed by atoms with Gasteiger partial charge in [-0.05, 0) is 31.4 Å². The van der Waals surface area contributed by atoms with Crippen LogP contribution < -0.4 is 5.32 Å². The van der Waals surface area contributed by atoms with E-state index in [4.69, 9.17) is 5.11 Å². The van der Waals surface area contributed by atoms with Gasteiger partial charge in [-0.25, -0.2) is 0 Å². The molecule has 17 heavy (non-hydrogen) atoms. The maximum Gasteiger partial charge on any atom is 0.320 e. The highest BCUT2D eigenvalue weighted by Gasteiger charge is 2.27. The molecule has 1 saturated carbocycles. The first-order chi connectivity index (χ1) is 8.25. The fourth-order valence-electron chi connectivity index (χ4n) is 1.62. The molecule has 4 heteroatoms. The third kappa shape index (κ3) is 4.40. The van der Waals surface area contributed by atoms with Gasteiger partial charge >= 0.3 is 5.97 Å². The smallest absolute Gasteiger partial charge is 0.320 e. The van der Waals surface area contributed by atoms with Crippen molar-refractivity contribution in [3.05, 3.63) is 30.3 Å². The van der Waals surface area contributed by atoms with Gasteiger partial charge in [-0.1, -0.05) is 18.2 Å². The quantitative estimate of drug-likeness (QED) is 0.730. The van der Waals surface area contributed by atoms with Crippen molar-refractivity contribution >= 4 is 17.7 Å². The molecule has 0 radical (unpaired) electrons. The first-order valence-corrected chi connectivity index (χ1v) is 6.91. The molecule has 1 aromatic rings. The van der Waals surface area contributed by atoms with Crippen LogP contribution in [0, 0.1) is 0 Å². The summed E-state index contributed by atoms with van der Waals surface area (Å²) in [6.07, 6.45) is 2.91. The summed E-state index contributed by atoms with van der Waals surface area (Å²) in [5, 5.41) is 12.2. The first-order valence-electron chi connectivity index (χ1n) is 5.92. The van der Waals surface area contributed by atoms with Crippen molar-refractivity contribution in [1.29, 1.82) is 0 Å². The van der Waals surface area contributed by atoms with Crippen LogP contribution in [0.2, 0.25) is 0 Å². The van der Waals surface area contributed by atoms with Crippen LogP contribution in [0.3, 0.4) is 0 Å². The van der Waals surface area contributed by atoms with Crippen molar-refractivity contribution < 1.29 is 9.90 Å². The van der Waals surface area contributed by atoms with E-state index < -0.39 is 12.0 Å². The lowest BCUT2D eigenvalue weighted by Crippen LogP contribution is -2.38. The molecule has 0 heterocycles. The van der Waals surface area contributed by atoms with Crippen LogP contribution in [-0.4, -0.2) is 28.9 Å². The van der Waals surface area contributed by atoms with E-state index in [9.17, 15) is 4.79 Å². The standard InChI is InChI=1S/C13H17NO2S/c15-13(16)12(14-10-6-7-10)8-9-17-11-4-2-1-3-5-11/h1-5,10,12,14H,6-9H2,(H,15,16). The van der Waals surface area contributed by atoms with Crippen LogP contribution in [-0.2, 0) is 4.79 Å². The molecule has 0 bridgehead atoms. The highest BCUT2D eigenvalue weighted by molar-refractivity contribution is 7.99. The Hall–Kier alpha value is -1.00. The second kappa shape index (κ2) is 6.07. The van der Waals surface area contributed by atoms with E-state index in [-0.39, 0.29) is 0 Å². The van der Waals surface area contributed by atoms with E-state index in [2.05, 4.69) is 17.4 Å². The monoisotopic (exact) mass is 251 g/mol. The van der Waals surface area contributed by atoms with Crippen molar-refractivity contribution in [2.75, 3.05) is 5.75 Å². The van der Waals surface area contributed by atoms with E-state index in [1.165, 1.54) is 4.90 Å². The van der Waals surface area contributed by atoms with Gasteiger partial charge in [0, 0.05) is 16.7 Å². The molecular weight excluding hydrogens is 234 g/mol. The van der Waals surface area contributed by atoms with E-state index in [1.54, 1.807) is 11.8 Å². The number of hydrogen-bond acceptors (Lipinski definition) is 3. The number of aliphatic carboxylic acids is 1. The van der Waals surface area contributed by atoms with E-state index in [0.29, 0.717) is 12.5 Å². The molecule has 1 atom stereocenters. The largest absolute Gasteiger partial charge is 0.480 e. The first kappa shape index (κ1) is 12.5. The molecule has 1 unspecified atom stereocenters. The molecule has 0 spiro atoms. The molecule has 3 nitrogen and oxygen atoms in total. The summed E-state index contributed by atoms with van der Waals surface area (Å²) in [4.78, 5) is 12.2. The third-order valence-corrected chi connectivity index (χ3v) is 3.78. The minimum Gasteiger partial charge on any atom is -0.480 e. The number of rotatable bonds is 7. The van der Waals surface area contributed by atoms with Crippen LogP contribution in [0.15, 0.2) is 35.2 Å². The highest BCUT2D eigenvalue weighted by Crippen LogP contribution is 2.22. The second-order valence-electron chi connectivity index (χ2n) is 4.28. The van der Waals surface area contributed by atoms with Gasteiger partial charge in [-0.15, -0.1) is 11.8 Å². The Morgan fingerprint density at radius 3 is 2.71 bits per heavy atom. The Morgan fingerprint density at radius 1 is 1.41 bits per heavy atom. The number of carboxylic acid groups (broad SMARTS) is 1. The predicted octanol–water partition coefficient (Wildman–Crippen LogP) is 2.37. The predicted molar refractivity (Wildman–Crippen MR) is 69.4 cm³/mol. The summed E-state index contributed by atoms with van der Waals surface area (Å²) < 4.78 is 0. The van der Waals surface area contributed by atoms with Crippen LogP contribution in [0.25, 0.3) is 0 Å². The maximum atomic E-state index is 11.0. The van der Waals surface area contributed by atoms with E-state index in [0.717, 1.165) is 18.6 Å². The molecule has 0 amide bonds. The van der Waals surface area contributed by atoms with Crippen LogP contribution in [0.5, 0.6) is 0 Å². The van der Waals surface area contributed by atoms with Gasteiger partial charge < -0.3 is 10.4 Å².